The Morgan fingerprint density at radius 3 is 2.22 bits per heavy atom. The minimum absolute atomic E-state index is 0.0250. The number of aliphatic carboxylic acids is 1. The molecule has 0 saturated carbocycles. The van der Waals surface area contributed by atoms with Gasteiger partial charge in [0.2, 0.25) is 5.91 Å². The quantitative estimate of drug-likeness (QED) is 0.520. The van der Waals surface area contributed by atoms with Gasteiger partial charge in [-0.15, -0.1) is 0 Å². The molecule has 2 atom stereocenters. The second-order valence-electron chi connectivity index (χ2n) is 7.82. The molecule has 2 aromatic carbocycles. The molecule has 0 radical (unpaired) electrons. The molecular formula is C25H28N2O5. The fourth-order valence-electron chi connectivity index (χ4n) is 3.84. The van der Waals surface area contributed by atoms with Crippen LogP contribution in [0.5, 0.6) is 0 Å². The van der Waals surface area contributed by atoms with E-state index in [4.69, 9.17) is 4.74 Å². The third kappa shape index (κ3) is 5.35. The Balaban J connectivity index is 1.48. The lowest BCUT2D eigenvalue weighted by Crippen LogP contribution is -2.44. The van der Waals surface area contributed by atoms with Gasteiger partial charge >= 0.3 is 12.1 Å². The molecular weight excluding hydrogens is 408 g/mol. The Morgan fingerprint density at radius 1 is 1.06 bits per heavy atom. The van der Waals surface area contributed by atoms with Gasteiger partial charge < -0.3 is 20.5 Å². The van der Waals surface area contributed by atoms with E-state index in [9.17, 15) is 19.5 Å². The van der Waals surface area contributed by atoms with E-state index >= 15 is 0 Å². The van der Waals surface area contributed by atoms with Gasteiger partial charge in [-0.1, -0.05) is 74.9 Å². The lowest BCUT2D eigenvalue weighted by molar-refractivity contribution is -0.142. The van der Waals surface area contributed by atoms with Crippen molar-refractivity contribution in [1.29, 1.82) is 0 Å². The number of carbonyl (C=O) groups is 3. The summed E-state index contributed by atoms with van der Waals surface area (Å²) in [5.74, 6) is -1.81. The molecule has 0 spiro atoms. The van der Waals surface area contributed by atoms with Crippen LogP contribution in [0.1, 0.15) is 37.3 Å². The first-order valence-electron chi connectivity index (χ1n) is 10.7. The van der Waals surface area contributed by atoms with Crippen LogP contribution in [-0.4, -0.2) is 42.3 Å². The fourth-order valence-corrected chi connectivity index (χ4v) is 3.84. The molecule has 3 rings (SSSR count). The van der Waals surface area contributed by atoms with Crippen LogP contribution in [0.4, 0.5) is 4.79 Å². The van der Waals surface area contributed by atoms with Crippen molar-refractivity contribution in [3.63, 3.8) is 0 Å². The smallest absolute Gasteiger partial charge is 0.407 e. The lowest BCUT2D eigenvalue weighted by atomic mass is 9.98. The second-order valence-corrected chi connectivity index (χ2v) is 7.82. The van der Waals surface area contributed by atoms with Gasteiger partial charge in [0.25, 0.3) is 0 Å². The Labute approximate surface area is 187 Å². The third-order valence-electron chi connectivity index (χ3n) is 5.75. The molecule has 0 aliphatic heterocycles. The molecule has 0 fully saturated rings. The van der Waals surface area contributed by atoms with Crippen LogP contribution in [-0.2, 0) is 14.3 Å². The molecule has 168 valence electrons. The predicted molar refractivity (Wildman–Crippen MR) is 121 cm³/mol. The molecule has 1 aliphatic rings. The summed E-state index contributed by atoms with van der Waals surface area (Å²) in [4.78, 5) is 35.3. The van der Waals surface area contributed by atoms with E-state index in [-0.39, 0.29) is 25.0 Å². The van der Waals surface area contributed by atoms with Crippen molar-refractivity contribution >= 4 is 18.0 Å². The van der Waals surface area contributed by atoms with Gasteiger partial charge in [0.15, 0.2) is 0 Å². The van der Waals surface area contributed by atoms with E-state index in [2.05, 4.69) is 22.8 Å². The highest BCUT2D eigenvalue weighted by molar-refractivity contribution is 5.91. The van der Waals surface area contributed by atoms with E-state index in [0.29, 0.717) is 6.42 Å². The van der Waals surface area contributed by atoms with Gasteiger partial charge in [0, 0.05) is 18.5 Å². The number of fused-ring (bicyclic) bond motifs is 3. The molecule has 1 aliphatic carbocycles. The summed E-state index contributed by atoms with van der Waals surface area (Å²) in [5.41, 5.74) is 4.57. The highest BCUT2D eigenvalue weighted by Gasteiger charge is 2.29. The zero-order valence-electron chi connectivity index (χ0n) is 18.2. The first kappa shape index (κ1) is 23.1. The zero-order valence-corrected chi connectivity index (χ0v) is 18.2. The number of carboxylic acid groups (broad SMARTS) is 1. The highest BCUT2D eigenvalue weighted by Crippen LogP contribution is 2.44. The van der Waals surface area contributed by atoms with Crippen molar-refractivity contribution in [1.82, 2.24) is 10.6 Å². The van der Waals surface area contributed by atoms with Crippen molar-refractivity contribution < 1.29 is 24.2 Å². The highest BCUT2D eigenvalue weighted by atomic mass is 16.5. The zero-order chi connectivity index (χ0) is 23.1. The molecule has 7 heteroatoms. The molecule has 2 aromatic rings. The summed E-state index contributed by atoms with van der Waals surface area (Å²) in [6, 6.07) is 15.2. The van der Waals surface area contributed by atoms with E-state index in [0.717, 1.165) is 22.3 Å². The van der Waals surface area contributed by atoms with Crippen LogP contribution in [0.2, 0.25) is 0 Å². The second kappa shape index (κ2) is 10.6. The number of hydrogen-bond acceptors (Lipinski definition) is 4. The summed E-state index contributed by atoms with van der Waals surface area (Å²) in [7, 11) is 0. The van der Waals surface area contributed by atoms with Crippen LogP contribution < -0.4 is 10.6 Å². The molecule has 2 amide bonds. The topological polar surface area (TPSA) is 105 Å². The summed E-state index contributed by atoms with van der Waals surface area (Å²) >= 11 is 0. The van der Waals surface area contributed by atoms with Gasteiger partial charge in [0.05, 0.1) is 0 Å². The number of hydrogen-bond donors (Lipinski definition) is 3. The Bertz CT molecular complexity index is 971. The molecule has 3 N–H and O–H groups in total. The maximum Gasteiger partial charge on any atom is 0.407 e. The number of carbonyl (C=O) groups excluding carboxylic acids is 2. The van der Waals surface area contributed by atoms with E-state index in [1.165, 1.54) is 12.2 Å². The number of rotatable bonds is 9. The Morgan fingerprint density at radius 2 is 1.66 bits per heavy atom. The molecule has 0 saturated heterocycles. The molecule has 7 nitrogen and oxygen atoms in total. The van der Waals surface area contributed by atoms with Crippen molar-refractivity contribution in [2.24, 2.45) is 5.92 Å². The lowest BCUT2D eigenvalue weighted by Gasteiger charge is -2.19. The van der Waals surface area contributed by atoms with Crippen molar-refractivity contribution in [3.8, 4) is 11.1 Å². The number of ether oxygens (including phenoxy) is 1. The monoisotopic (exact) mass is 436 g/mol. The summed E-state index contributed by atoms with van der Waals surface area (Å²) in [5, 5.41) is 14.3. The average molecular weight is 437 g/mol. The van der Waals surface area contributed by atoms with E-state index in [1.54, 1.807) is 6.92 Å². The molecule has 0 aromatic heterocycles. The van der Waals surface area contributed by atoms with Crippen LogP contribution >= 0.6 is 0 Å². The van der Waals surface area contributed by atoms with Crippen LogP contribution in [0, 0.1) is 5.92 Å². The van der Waals surface area contributed by atoms with Crippen molar-refractivity contribution in [3.05, 3.63) is 71.8 Å². The van der Waals surface area contributed by atoms with Gasteiger partial charge in [0.1, 0.15) is 12.6 Å². The van der Waals surface area contributed by atoms with Crippen molar-refractivity contribution in [2.45, 2.75) is 32.2 Å². The normalized spacial score (nSPS) is 14.3. The maximum absolute atomic E-state index is 12.1. The Hall–Kier alpha value is -3.61. The molecule has 0 unspecified atom stereocenters. The standard InChI is InChI=1S/C25H28N2O5/c1-3-16(2)23(24(29)30)27-22(28)13-8-14-26-25(31)32-15-21-19-11-6-4-9-17(19)18-10-5-7-12-20(18)21/h4-13,16,21,23H,3,14-15H2,1-2H3,(H,26,31)(H,27,28)(H,29,30)/b13-8+/t16-,23-/m0/s1. The average Bonchev–Trinajstić information content (AvgIpc) is 3.12. The minimum atomic E-state index is -1.07. The Kier molecular flexibility index (Phi) is 7.65. The van der Waals surface area contributed by atoms with E-state index < -0.39 is 24.0 Å². The third-order valence-corrected chi connectivity index (χ3v) is 5.75. The largest absolute Gasteiger partial charge is 0.480 e. The van der Waals surface area contributed by atoms with Gasteiger partial charge in [-0.25, -0.2) is 9.59 Å². The van der Waals surface area contributed by atoms with Crippen LogP contribution in [0.3, 0.4) is 0 Å². The maximum atomic E-state index is 12.1. The number of carboxylic acids is 1. The van der Waals surface area contributed by atoms with Crippen molar-refractivity contribution in [2.75, 3.05) is 13.2 Å². The summed E-state index contributed by atoms with van der Waals surface area (Å²) in [6.45, 7) is 3.92. The fraction of sp³-hybridized carbons (Fsp3) is 0.320. The molecule has 32 heavy (non-hydrogen) atoms. The minimum Gasteiger partial charge on any atom is -0.480 e. The first-order chi connectivity index (χ1) is 15.4. The predicted octanol–water partition coefficient (Wildman–Crippen LogP) is 3.70. The molecule has 0 bridgehead atoms. The number of benzene rings is 2. The van der Waals surface area contributed by atoms with Crippen LogP contribution in [0.15, 0.2) is 60.7 Å². The van der Waals surface area contributed by atoms with Crippen LogP contribution in [0.25, 0.3) is 11.1 Å². The first-order valence-corrected chi connectivity index (χ1v) is 10.7. The number of nitrogens with one attached hydrogen (secondary N) is 2. The van der Waals surface area contributed by atoms with Gasteiger partial charge in [-0.05, 0) is 28.2 Å². The number of amides is 2. The number of alkyl carbamates (subject to hydrolysis) is 1. The summed E-state index contributed by atoms with van der Waals surface area (Å²) in [6.07, 6.45) is 2.71. The molecule has 0 heterocycles. The summed E-state index contributed by atoms with van der Waals surface area (Å²) < 4.78 is 5.43. The SMILES string of the molecule is CC[C@H](C)[C@H](NC(=O)/C=C/CNC(=O)OCC1c2ccccc2-c2ccccc21)C(=O)O. The van der Waals surface area contributed by atoms with Gasteiger partial charge in [-0.3, -0.25) is 4.79 Å². The van der Waals surface area contributed by atoms with E-state index in [1.807, 2.05) is 43.3 Å². The van der Waals surface area contributed by atoms with Gasteiger partial charge in [-0.2, -0.15) is 0 Å².